The molecule has 0 aromatic rings. The molecular formula is C13H21IN2O5S2. The average molecular weight is 476 g/mol. The zero-order valence-electron chi connectivity index (χ0n) is 13.4. The molecule has 1 fully saturated rings. The predicted octanol–water partition coefficient (Wildman–Crippen LogP) is 2.82. The number of rotatable bonds is 3. The van der Waals surface area contributed by atoms with Crippen LogP contribution in [0.15, 0.2) is 4.99 Å². The van der Waals surface area contributed by atoms with Crippen molar-refractivity contribution in [3.8, 4) is 0 Å². The number of fused-ring (bicyclic) bond motifs is 1. The Morgan fingerprint density at radius 2 is 2.30 bits per heavy atom. The minimum absolute atomic E-state index is 0.178. The van der Waals surface area contributed by atoms with Crippen molar-refractivity contribution in [2.24, 2.45) is 4.99 Å². The molecule has 2 rings (SSSR count). The van der Waals surface area contributed by atoms with Crippen molar-refractivity contribution >= 4 is 53.4 Å². The van der Waals surface area contributed by atoms with Crippen LogP contribution in [0, 0.1) is 0 Å². The molecule has 10 heteroatoms. The smallest absolute Gasteiger partial charge is 0.416 e. The number of aliphatic hydroxyl groups excluding tert-OH is 1. The maximum atomic E-state index is 12.1. The fourth-order valence-corrected chi connectivity index (χ4v) is 4.07. The van der Waals surface area contributed by atoms with Crippen LogP contribution < -0.4 is 0 Å². The molecule has 0 aromatic carbocycles. The minimum Gasteiger partial charge on any atom is -0.443 e. The molecule has 1 saturated heterocycles. The number of amidine groups is 1. The van der Waals surface area contributed by atoms with Gasteiger partial charge in [-0.25, -0.2) is 4.79 Å². The van der Waals surface area contributed by atoms with Gasteiger partial charge in [0, 0.05) is 34.7 Å². The zero-order valence-corrected chi connectivity index (χ0v) is 17.2. The standard InChI is InChI=1S/C13H21IN2O5S2/c1-13(2,3)21-12(18)16(4)11-15-9-8(17)5-7(6-19-23-14)20-10(9)22-11/h7-10,17H,5-6H2,1-4H3/t7?,8?,9-,10-/m1/s1. The van der Waals surface area contributed by atoms with Gasteiger partial charge in [-0.3, -0.25) is 9.89 Å². The largest absolute Gasteiger partial charge is 0.443 e. The van der Waals surface area contributed by atoms with E-state index in [2.05, 4.69) is 4.99 Å². The van der Waals surface area contributed by atoms with E-state index >= 15 is 0 Å². The van der Waals surface area contributed by atoms with Gasteiger partial charge < -0.3 is 18.8 Å². The minimum atomic E-state index is -0.612. The molecule has 2 aliphatic rings. The van der Waals surface area contributed by atoms with Crippen LogP contribution in [0.5, 0.6) is 0 Å². The lowest BCUT2D eigenvalue weighted by molar-refractivity contribution is -0.0816. The Morgan fingerprint density at radius 1 is 1.61 bits per heavy atom. The lowest BCUT2D eigenvalue weighted by atomic mass is 10.0. The summed E-state index contributed by atoms with van der Waals surface area (Å²) in [7, 11) is 2.85. The first-order valence-corrected chi connectivity index (χ1v) is 11.3. The van der Waals surface area contributed by atoms with Crippen LogP contribution in [-0.4, -0.2) is 64.2 Å². The number of nitrogens with zero attached hydrogens (tertiary/aromatic N) is 2. The van der Waals surface area contributed by atoms with Gasteiger partial charge in [0.05, 0.1) is 28.0 Å². The first kappa shape index (κ1) is 19.6. The number of carbonyl (C=O) groups is 1. The van der Waals surface area contributed by atoms with Crippen LogP contribution in [0.1, 0.15) is 27.2 Å². The number of halogens is 1. The van der Waals surface area contributed by atoms with Gasteiger partial charge in [0.1, 0.15) is 17.1 Å². The lowest BCUT2D eigenvalue weighted by Crippen LogP contribution is -2.45. The normalized spacial score (nSPS) is 30.6. The Hall–Kier alpha value is 0.250. The van der Waals surface area contributed by atoms with Crippen molar-refractivity contribution in [3.05, 3.63) is 0 Å². The summed E-state index contributed by atoms with van der Waals surface area (Å²) in [5.41, 5.74) is -0.885. The van der Waals surface area contributed by atoms with Gasteiger partial charge in [0.2, 0.25) is 0 Å². The van der Waals surface area contributed by atoms with Gasteiger partial charge in [0.25, 0.3) is 0 Å². The second-order valence-corrected chi connectivity index (χ2v) is 8.84. The third-order valence-corrected chi connectivity index (χ3v) is 5.44. The molecule has 0 bridgehead atoms. The van der Waals surface area contributed by atoms with E-state index in [0.717, 1.165) is 0 Å². The van der Waals surface area contributed by atoms with Crippen molar-refractivity contribution in [1.29, 1.82) is 0 Å². The van der Waals surface area contributed by atoms with Crippen LogP contribution in [-0.2, 0) is 13.7 Å². The molecule has 0 saturated carbocycles. The molecule has 0 spiro atoms. The van der Waals surface area contributed by atoms with E-state index < -0.39 is 17.8 Å². The monoisotopic (exact) mass is 476 g/mol. The Bertz CT molecular complexity index is 474. The molecule has 7 nitrogen and oxygen atoms in total. The van der Waals surface area contributed by atoms with Crippen LogP contribution in [0.4, 0.5) is 4.79 Å². The fourth-order valence-electron chi connectivity index (χ4n) is 2.21. The van der Waals surface area contributed by atoms with Crippen LogP contribution in [0.25, 0.3) is 0 Å². The van der Waals surface area contributed by atoms with Crippen molar-refractivity contribution in [2.45, 2.75) is 56.5 Å². The summed E-state index contributed by atoms with van der Waals surface area (Å²) < 4.78 is 16.5. The summed E-state index contributed by atoms with van der Waals surface area (Å²) >= 11 is 3.37. The van der Waals surface area contributed by atoms with Gasteiger partial charge in [-0.05, 0) is 20.8 Å². The molecule has 132 valence electrons. The molecule has 0 aliphatic carbocycles. The molecule has 2 heterocycles. The van der Waals surface area contributed by atoms with Crippen molar-refractivity contribution < 1.29 is 23.6 Å². The quantitative estimate of drug-likeness (QED) is 0.496. The maximum Gasteiger partial charge on any atom is 0.416 e. The summed E-state index contributed by atoms with van der Waals surface area (Å²) in [6.07, 6.45) is -0.801. The summed E-state index contributed by atoms with van der Waals surface area (Å²) in [4.78, 5) is 17.9. The van der Waals surface area contributed by atoms with E-state index in [1.807, 2.05) is 42.0 Å². The summed E-state index contributed by atoms with van der Waals surface area (Å²) in [5, 5.41) is 10.8. The number of aliphatic hydroxyl groups is 1. The van der Waals surface area contributed by atoms with Crippen molar-refractivity contribution in [3.63, 3.8) is 0 Å². The van der Waals surface area contributed by atoms with E-state index in [0.29, 0.717) is 18.2 Å². The maximum absolute atomic E-state index is 12.1. The number of thioether (sulfide) groups is 1. The number of carbonyl (C=O) groups excluding carboxylic acids is 1. The Balaban J connectivity index is 1.97. The Kier molecular flexibility index (Phi) is 6.88. The molecule has 1 amide bonds. The number of ether oxygens (including phenoxy) is 2. The predicted molar refractivity (Wildman–Crippen MR) is 99.7 cm³/mol. The van der Waals surface area contributed by atoms with E-state index in [-0.39, 0.29) is 17.6 Å². The highest BCUT2D eigenvalue weighted by Gasteiger charge is 2.44. The number of aliphatic imine (C=N–C) groups is 1. The van der Waals surface area contributed by atoms with Gasteiger partial charge >= 0.3 is 6.09 Å². The summed E-state index contributed by atoms with van der Waals surface area (Å²) in [5.74, 6) is 0. The Morgan fingerprint density at radius 3 is 2.91 bits per heavy atom. The second kappa shape index (κ2) is 8.09. The average Bonchev–Trinajstić information content (AvgIpc) is 2.87. The third kappa shape index (κ3) is 5.36. The third-order valence-electron chi connectivity index (χ3n) is 3.24. The van der Waals surface area contributed by atoms with E-state index in [1.54, 1.807) is 7.05 Å². The molecule has 0 radical (unpaired) electrons. The van der Waals surface area contributed by atoms with Gasteiger partial charge in [0.15, 0.2) is 5.17 Å². The number of amides is 1. The fraction of sp³-hybridized carbons (Fsp3) is 0.846. The molecule has 23 heavy (non-hydrogen) atoms. The summed E-state index contributed by atoms with van der Waals surface area (Å²) in [6.45, 7) is 5.84. The van der Waals surface area contributed by atoms with Crippen molar-refractivity contribution in [2.75, 3.05) is 13.7 Å². The number of hydrogen-bond acceptors (Lipinski definition) is 8. The van der Waals surface area contributed by atoms with Crippen LogP contribution in [0.3, 0.4) is 0 Å². The Labute approximate surface area is 156 Å². The van der Waals surface area contributed by atoms with Gasteiger partial charge in [-0.1, -0.05) is 11.8 Å². The summed E-state index contributed by atoms with van der Waals surface area (Å²) in [6, 6.07) is -0.372. The lowest BCUT2D eigenvalue weighted by Gasteiger charge is -2.33. The van der Waals surface area contributed by atoms with Crippen LogP contribution in [0.2, 0.25) is 0 Å². The number of hydrogen-bond donors (Lipinski definition) is 1. The highest BCUT2D eigenvalue weighted by Crippen LogP contribution is 2.37. The molecule has 2 aliphatic heterocycles. The molecular weight excluding hydrogens is 455 g/mol. The molecule has 1 N–H and O–H groups in total. The second-order valence-electron chi connectivity index (χ2n) is 6.34. The van der Waals surface area contributed by atoms with E-state index in [4.69, 9.17) is 13.7 Å². The first-order valence-electron chi connectivity index (χ1n) is 7.16. The highest BCUT2D eigenvalue weighted by molar-refractivity contribution is 14.2. The molecule has 2 unspecified atom stereocenters. The van der Waals surface area contributed by atoms with Gasteiger partial charge in [-0.2, -0.15) is 0 Å². The molecule has 0 aromatic heterocycles. The highest BCUT2D eigenvalue weighted by atomic mass is 127. The van der Waals surface area contributed by atoms with Crippen LogP contribution >= 0.6 is 42.2 Å². The van der Waals surface area contributed by atoms with E-state index in [9.17, 15) is 9.90 Å². The first-order chi connectivity index (χ1) is 10.7. The zero-order chi connectivity index (χ0) is 17.2. The topological polar surface area (TPSA) is 80.6 Å². The van der Waals surface area contributed by atoms with E-state index in [1.165, 1.54) is 25.9 Å². The molecule has 4 atom stereocenters. The van der Waals surface area contributed by atoms with Gasteiger partial charge in [-0.15, -0.1) is 0 Å². The SMILES string of the molecule is CN(C(=O)OC(C)(C)C)C1=N[C@@H]2C(O)CC(COSI)O[C@@H]2S1. The van der Waals surface area contributed by atoms with Crippen molar-refractivity contribution in [1.82, 2.24) is 4.90 Å².